The van der Waals surface area contributed by atoms with E-state index in [1.165, 1.54) is 42.8 Å². The van der Waals surface area contributed by atoms with Crippen LogP contribution in [0.1, 0.15) is 30.3 Å². The van der Waals surface area contributed by atoms with Crippen LogP contribution >= 0.6 is 0 Å². The Balaban J connectivity index is 2.28. The molecule has 0 aliphatic rings. The van der Waals surface area contributed by atoms with Crippen molar-refractivity contribution in [3.05, 3.63) is 41.7 Å². The Morgan fingerprint density at radius 1 is 1.27 bits per heavy atom. The van der Waals surface area contributed by atoms with Crippen LogP contribution in [0.15, 0.2) is 24.3 Å². The smallest absolute Gasteiger partial charge is 0.328 e. The fourth-order valence-corrected chi connectivity index (χ4v) is 1.71. The van der Waals surface area contributed by atoms with Crippen molar-refractivity contribution in [3.8, 4) is 5.69 Å². The van der Waals surface area contributed by atoms with Crippen LogP contribution < -0.4 is 5.32 Å². The Bertz CT molecular complexity index is 722. The minimum Gasteiger partial charge on any atom is -0.480 e. The molecular weight excluding hydrogens is 291 g/mol. The van der Waals surface area contributed by atoms with Crippen molar-refractivity contribution in [2.24, 2.45) is 0 Å². The second-order valence-electron chi connectivity index (χ2n) is 5.26. The summed E-state index contributed by atoms with van der Waals surface area (Å²) < 4.78 is 14.3. The van der Waals surface area contributed by atoms with Gasteiger partial charge >= 0.3 is 5.97 Å². The number of aliphatic carboxylic acids is 1. The van der Waals surface area contributed by atoms with Gasteiger partial charge in [-0.15, -0.1) is 5.10 Å². The maximum absolute atomic E-state index is 12.9. The van der Waals surface area contributed by atoms with E-state index in [2.05, 4.69) is 15.4 Å². The van der Waals surface area contributed by atoms with Crippen molar-refractivity contribution in [3.63, 3.8) is 0 Å². The number of hydrogen-bond donors (Lipinski definition) is 2. The fraction of sp³-hybridized carbons (Fsp3) is 0.286. The van der Waals surface area contributed by atoms with Crippen LogP contribution in [-0.2, 0) is 4.79 Å². The number of carbonyl (C=O) groups excluding carboxylic acids is 1. The molecule has 1 aromatic heterocycles. The van der Waals surface area contributed by atoms with E-state index in [0.717, 1.165) is 0 Å². The third-order valence-electron chi connectivity index (χ3n) is 3.00. The van der Waals surface area contributed by atoms with Gasteiger partial charge in [-0.3, -0.25) is 4.79 Å². The quantitative estimate of drug-likeness (QED) is 0.887. The Morgan fingerprint density at radius 3 is 2.41 bits per heavy atom. The maximum atomic E-state index is 12.9. The van der Waals surface area contributed by atoms with Gasteiger partial charge in [0.2, 0.25) is 5.82 Å². The fourth-order valence-electron chi connectivity index (χ4n) is 1.71. The predicted octanol–water partition coefficient (Wildman–Crippen LogP) is 1.31. The molecule has 0 bridgehead atoms. The van der Waals surface area contributed by atoms with E-state index in [4.69, 9.17) is 5.11 Å². The van der Waals surface area contributed by atoms with Gasteiger partial charge in [-0.25, -0.2) is 18.9 Å². The highest BCUT2D eigenvalue weighted by molar-refractivity contribution is 5.94. The summed E-state index contributed by atoms with van der Waals surface area (Å²) in [6.45, 7) is 4.35. The number of amides is 1. The Hall–Kier alpha value is -2.77. The van der Waals surface area contributed by atoms with Crippen molar-refractivity contribution >= 4 is 11.9 Å². The monoisotopic (exact) mass is 306 g/mol. The molecule has 0 saturated carbocycles. The second kappa shape index (κ2) is 5.55. The van der Waals surface area contributed by atoms with Gasteiger partial charge in [0.15, 0.2) is 0 Å². The summed E-state index contributed by atoms with van der Waals surface area (Å²) >= 11 is 0. The molecule has 0 spiro atoms. The van der Waals surface area contributed by atoms with E-state index in [1.54, 1.807) is 6.92 Å². The SMILES string of the molecule is Cc1nc(C(=O)NC(C)(C)C(=O)O)nn1-c1ccc(F)cc1. The Labute approximate surface area is 125 Å². The molecule has 0 unspecified atom stereocenters. The molecule has 7 nitrogen and oxygen atoms in total. The van der Waals surface area contributed by atoms with Gasteiger partial charge in [0.25, 0.3) is 5.91 Å². The Kier molecular flexibility index (Phi) is 3.94. The first-order valence-corrected chi connectivity index (χ1v) is 6.46. The van der Waals surface area contributed by atoms with Crippen molar-refractivity contribution in [1.82, 2.24) is 20.1 Å². The van der Waals surface area contributed by atoms with Gasteiger partial charge in [-0.05, 0) is 45.0 Å². The van der Waals surface area contributed by atoms with Crippen LogP contribution in [0, 0.1) is 12.7 Å². The summed E-state index contributed by atoms with van der Waals surface area (Å²) in [5.41, 5.74) is -0.894. The standard InChI is InChI=1S/C14H15FN4O3/c1-8-16-11(12(20)17-14(2,3)13(21)22)18-19(8)10-6-4-9(15)5-7-10/h4-7H,1-3H3,(H,17,20)(H,21,22). The number of carboxylic acid groups (broad SMARTS) is 1. The average Bonchev–Trinajstić information content (AvgIpc) is 2.81. The van der Waals surface area contributed by atoms with E-state index in [1.807, 2.05) is 0 Å². The molecule has 0 fully saturated rings. The molecule has 0 atom stereocenters. The lowest BCUT2D eigenvalue weighted by Gasteiger charge is -2.19. The first-order valence-electron chi connectivity index (χ1n) is 6.46. The molecule has 0 saturated heterocycles. The Morgan fingerprint density at radius 2 is 1.86 bits per heavy atom. The normalized spacial score (nSPS) is 11.3. The molecule has 116 valence electrons. The number of aromatic nitrogens is 3. The molecule has 1 amide bonds. The lowest BCUT2D eigenvalue weighted by atomic mass is 10.1. The van der Waals surface area contributed by atoms with Crippen LogP contribution in [0.25, 0.3) is 5.69 Å². The summed E-state index contributed by atoms with van der Waals surface area (Å²) in [5, 5.41) is 15.4. The number of carbonyl (C=O) groups is 2. The van der Waals surface area contributed by atoms with Crippen molar-refractivity contribution in [2.45, 2.75) is 26.3 Å². The minimum absolute atomic E-state index is 0.156. The van der Waals surface area contributed by atoms with Crippen LogP contribution in [0.3, 0.4) is 0 Å². The molecule has 2 N–H and O–H groups in total. The third kappa shape index (κ3) is 3.11. The number of carboxylic acids is 1. The highest BCUT2D eigenvalue weighted by atomic mass is 19.1. The number of halogens is 1. The molecule has 0 radical (unpaired) electrons. The van der Waals surface area contributed by atoms with Crippen molar-refractivity contribution < 1.29 is 19.1 Å². The maximum Gasteiger partial charge on any atom is 0.328 e. The molecule has 8 heteroatoms. The van der Waals surface area contributed by atoms with Gasteiger partial charge in [-0.1, -0.05) is 0 Å². The minimum atomic E-state index is -1.44. The van der Waals surface area contributed by atoms with Gasteiger partial charge in [0, 0.05) is 0 Å². The largest absolute Gasteiger partial charge is 0.480 e. The summed E-state index contributed by atoms with van der Waals surface area (Å²) in [6.07, 6.45) is 0. The summed E-state index contributed by atoms with van der Waals surface area (Å²) in [6, 6.07) is 5.53. The zero-order chi connectivity index (χ0) is 16.5. The van der Waals surface area contributed by atoms with Gasteiger partial charge in [0.1, 0.15) is 17.2 Å². The molecule has 2 rings (SSSR count). The lowest BCUT2D eigenvalue weighted by Crippen LogP contribution is -2.49. The highest BCUT2D eigenvalue weighted by Gasteiger charge is 2.30. The summed E-state index contributed by atoms with van der Waals surface area (Å²) in [5.74, 6) is -1.99. The first-order chi connectivity index (χ1) is 10.2. The zero-order valence-electron chi connectivity index (χ0n) is 12.3. The molecule has 2 aromatic rings. The van der Waals surface area contributed by atoms with E-state index >= 15 is 0 Å². The zero-order valence-corrected chi connectivity index (χ0v) is 12.3. The van der Waals surface area contributed by atoms with Gasteiger partial charge < -0.3 is 10.4 Å². The highest BCUT2D eigenvalue weighted by Crippen LogP contribution is 2.11. The van der Waals surface area contributed by atoms with Gasteiger partial charge in [-0.2, -0.15) is 0 Å². The summed E-state index contributed by atoms with van der Waals surface area (Å²) in [4.78, 5) is 27.1. The van der Waals surface area contributed by atoms with Gasteiger partial charge in [0.05, 0.1) is 5.69 Å². The molecule has 0 aliphatic heterocycles. The van der Waals surface area contributed by atoms with Crippen LogP contribution in [-0.4, -0.2) is 37.3 Å². The van der Waals surface area contributed by atoms with E-state index in [-0.39, 0.29) is 11.6 Å². The first kappa shape index (κ1) is 15.6. The van der Waals surface area contributed by atoms with E-state index < -0.39 is 17.4 Å². The van der Waals surface area contributed by atoms with Crippen molar-refractivity contribution in [1.29, 1.82) is 0 Å². The molecule has 1 aromatic carbocycles. The average molecular weight is 306 g/mol. The topological polar surface area (TPSA) is 97.1 Å². The summed E-state index contributed by atoms with van der Waals surface area (Å²) in [7, 11) is 0. The molecule has 0 aliphatic carbocycles. The number of rotatable bonds is 4. The number of nitrogens with zero attached hydrogens (tertiary/aromatic N) is 3. The van der Waals surface area contributed by atoms with Crippen LogP contribution in [0.4, 0.5) is 4.39 Å². The number of aryl methyl sites for hydroxylation is 1. The number of benzene rings is 1. The van der Waals surface area contributed by atoms with Crippen LogP contribution in [0.5, 0.6) is 0 Å². The van der Waals surface area contributed by atoms with Crippen LogP contribution in [0.2, 0.25) is 0 Å². The molecule has 22 heavy (non-hydrogen) atoms. The molecule has 1 heterocycles. The lowest BCUT2D eigenvalue weighted by molar-refractivity contribution is -0.143. The van der Waals surface area contributed by atoms with E-state index in [9.17, 15) is 14.0 Å². The predicted molar refractivity (Wildman–Crippen MR) is 75.2 cm³/mol. The van der Waals surface area contributed by atoms with Crippen molar-refractivity contribution in [2.75, 3.05) is 0 Å². The molecular formula is C14H15FN4O3. The number of hydrogen-bond acceptors (Lipinski definition) is 4. The third-order valence-corrected chi connectivity index (χ3v) is 3.00. The van der Waals surface area contributed by atoms with E-state index in [0.29, 0.717) is 11.5 Å². The second-order valence-corrected chi connectivity index (χ2v) is 5.26. The number of nitrogens with one attached hydrogen (secondary N) is 1.